The van der Waals surface area contributed by atoms with Crippen molar-refractivity contribution in [2.75, 3.05) is 0 Å². The van der Waals surface area contributed by atoms with Crippen LogP contribution >= 0.6 is 0 Å². The standard InChI is InChI=1S/C25H35N/c1-7-8-11-19(5)26-24-16-23-18(4)10-9-14-25(23,6)22-13-12-20(17(2)3)15-21(22)24/h1,12-13,15,17-19,23H,8-11,14,16H2,2-6H3. The molecule has 0 aromatic heterocycles. The van der Waals surface area contributed by atoms with Crippen molar-refractivity contribution < 1.29 is 0 Å². The van der Waals surface area contributed by atoms with E-state index in [4.69, 9.17) is 11.4 Å². The Morgan fingerprint density at radius 3 is 2.77 bits per heavy atom. The van der Waals surface area contributed by atoms with Crippen LogP contribution in [0.15, 0.2) is 23.2 Å². The van der Waals surface area contributed by atoms with Crippen LogP contribution in [0.2, 0.25) is 0 Å². The van der Waals surface area contributed by atoms with E-state index in [9.17, 15) is 0 Å². The summed E-state index contributed by atoms with van der Waals surface area (Å²) in [7, 11) is 0. The van der Waals surface area contributed by atoms with Gasteiger partial charge < -0.3 is 0 Å². The fourth-order valence-corrected chi connectivity index (χ4v) is 5.29. The quantitative estimate of drug-likeness (QED) is 0.550. The lowest BCUT2D eigenvalue weighted by Crippen LogP contribution is -2.45. The molecule has 0 spiro atoms. The molecule has 1 fully saturated rings. The van der Waals surface area contributed by atoms with Crippen LogP contribution in [-0.4, -0.2) is 11.8 Å². The molecule has 4 atom stereocenters. The number of benzene rings is 1. The highest BCUT2D eigenvalue weighted by molar-refractivity contribution is 6.04. The molecule has 2 aliphatic carbocycles. The van der Waals surface area contributed by atoms with Gasteiger partial charge in [-0.15, -0.1) is 12.3 Å². The minimum absolute atomic E-state index is 0.305. The van der Waals surface area contributed by atoms with E-state index in [1.165, 1.54) is 36.1 Å². The molecule has 1 aromatic rings. The number of nitrogens with zero attached hydrogens (tertiary/aromatic N) is 1. The number of terminal acetylenes is 1. The number of fused-ring (bicyclic) bond motifs is 3. The van der Waals surface area contributed by atoms with E-state index < -0.39 is 0 Å². The van der Waals surface area contributed by atoms with Gasteiger partial charge >= 0.3 is 0 Å². The topological polar surface area (TPSA) is 12.4 Å². The van der Waals surface area contributed by atoms with E-state index in [0.29, 0.717) is 23.3 Å². The van der Waals surface area contributed by atoms with Gasteiger partial charge in [-0.1, -0.05) is 52.7 Å². The predicted octanol–water partition coefficient (Wildman–Crippen LogP) is 6.50. The van der Waals surface area contributed by atoms with Gasteiger partial charge in [-0.2, -0.15) is 0 Å². The minimum Gasteiger partial charge on any atom is -0.286 e. The summed E-state index contributed by atoms with van der Waals surface area (Å²) in [5.74, 6) is 4.81. The maximum atomic E-state index is 5.46. The zero-order chi connectivity index (χ0) is 18.9. The van der Waals surface area contributed by atoms with Gasteiger partial charge in [0.25, 0.3) is 0 Å². The summed E-state index contributed by atoms with van der Waals surface area (Å²) in [5.41, 5.74) is 6.05. The minimum atomic E-state index is 0.305. The van der Waals surface area contributed by atoms with Crippen molar-refractivity contribution in [1.82, 2.24) is 0 Å². The molecule has 0 aliphatic heterocycles. The Morgan fingerprint density at radius 2 is 2.08 bits per heavy atom. The Morgan fingerprint density at radius 1 is 1.31 bits per heavy atom. The van der Waals surface area contributed by atoms with E-state index in [1.54, 1.807) is 5.56 Å². The average Bonchev–Trinajstić information content (AvgIpc) is 2.61. The molecule has 1 aromatic carbocycles. The third-order valence-corrected chi connectivity index (χ3v) is 6.99. The summed E-state index contributed by atoms with van der Waals surface area (Å²) < 4.78 is 0. The third-order valence-electron chi connectivity index (χ3n) is 6.99. The summed E-state index contributed by atoms with van der Waals surface area (Å²) in [4.78, 5) is 5.19. The molecule has 1 heteroatoms. The first kappa shape index (κ1) is 19.2. The monoisotopic (exact) mass is 349 g/mol. The Labute approximate surface area is 160 Å². The molecule has 0 amide bonds. The van der Waals surface area contributed by atoms with Crippen LogP contribution in [0.4, 0.5) is 0 Å². The number of rotatable bonds is 4. The van der Waals surface area contributed by atoms with Crippen LogP contribution in [0.5, 0.6) is 0 Å². The van der Waals surface area contributed by atoms with Gasteiger partial charge in [-0.25, -0.2) is 0 Å². The molecule has 26 heavy (non-hydrogen) atoms. The van der Waals surface area contributed by atoms with Crippen molar-refractivity contribution in [2.45, 2.75) is 90.5 Å². The van der Waals surface area contributed by atoms with Crippen molar-refractivity contribution in [1.29, 1.82) is 0 Å². The SMILES string of the molecule is C#CCCC(C)N=C1CC2C(C)CCCC2(C)c2ccc(C(C)C)cc21. The predicted molar refractivity (Wildman–Crippen MR) is 113 cm³/mol. The molecule has 4 unspecified atom stereocenters. The molecular formula is C25H35N. The molecule has 1 nitrogen and oxygen atoms in total. The summed E-state index contributed by atoms with van der Waals surface area (Å²) in [6.45, 7) is 11.7. The molecule has 0 radical (unpaired) electrons. The van der Waals surface area contributed by atoms with Crippen molar-refractivity contribution in [3.05, 3.63) is 34.9 Å². The van der Waals surface area contributed by atoms with Crippen LogP contribution < -0.4 is 0 Å². The first-order valence-electron chi connectivity index (χ1n) is 10.5. The fourth-order valence-electron chi connectivity index (χ4n) is 5.29. The van der Waals surface area contributed by atoms with E-state index in [-0.39, 0.29) is 0 Å². The van der Waals surface area contributed by atoms with Gasteiger partial charge in [0.05, 0.1) is 0 Å². The van der Waals surface area contributed by atoms with Gasteiger partial charge in [0, 0.05) is 18.2 Å². The number of hydrogen-bond donors (Lipinski definition) is 0. The maximum absolute atomic E-state index is 5.46. The second kappa shape index (κ2) is 7.59. The Bertz CT molecular complexity index is 720. The Hall–Kier alpha value is -1.55. The molecule has 1 saturated carbocycles. The van der Waals surface area contributed by atoms with Gasteiger partial charge in [0.2, 0.25) is 0 Å². The van der Waals surface area contributed by atoms with Crippen molar-refractivity contribution >= 4 is 5.71 Å². The molecule has 0 N–H and O–H groups in total. The first-order valence-corrected chi connectivity index (χ1v) is 10.5. The number of aliphatic imine (C=N–C) groups is 1. The van der Waals surface area contributed by atoms with Crippen LogP contribution in [0.1, 0.15) is 95.8 Å². The molecule has 2 aliphatic rings. The maximum Gasteiger partial charge on any atom is 0.0484 e. The summed E-state index contributed by atoms with van der Waals surface area (Å²) in [5, 5.41) is 0. The summed E-state index contributed by atoms with van der Waals surface area (Å²) in [6.07, 6.45) is 12.4. The van der Waals surface area contributed by atoms with Gasteiger partial charge in [-0.3, -0.25) is 4.99 Å². The zero-order valence-electron chi connectivity index (χ0n) is 17.3. The highest BCUT2D eigenvalue weighted by Crippen LogP contribution is 2.52. The molecular weight excluding hydrogens is 314 g/mol. The first-order chi connectivity index (χ1) is 12.4. The fraction of sp³-hybridized carbons (Fsp3) is 0.640. The van der Waals surface area contributed by atoms with Gasteiger partial charge in [0.15, 0.2) is 0 Å². The molecule has 140 valence electrons. The van der Waals surface area contributed by atoms with Gasteiger partial charge in [0.1, 0.15) is 0 Å². The Balaban J connectivity index is 2.08. The van der Waals surface area contributed by atoms with E-state index >= 15 is 0 Å². The highest BCUT2D eigenvalue weighted by Gasteiger charge is 2.46. The highest BCUT2D eigenvalue weighted by atomic mass is 14.8. The van der Waals surface area contributed by atoms with E-state index in [0.717, 1.165) is 25.2 Å². The smallest absolute Gasteiger partial charge is 0.0484 e. The molecule has 0 saturated heterocycles. The van der Waals surface area contributed by atoms with Crippen LogP contribution in [0, 0.1) is 24.2 Å². The lowest BCUT2D eigenvalue weighted by Gasteiger charge is -2.50. The van der Waals surface area contributed by atoms with E-state index in [1.807, 2.05) is 0 Å². The lowest BCUT2D eigenvalue weighted by molar-refractivity contribution is 0.139. The molecule has 0 heterocycles. The summed E-state index contributed by atoms with van der Waals surface area (Å²) >= 11 is 0. The third kappa shape index (κ3) is 3.48. The normalized spacial score (nSPS) is 30.6. The van der Waals surface area contributed by atoms with Crippen LogP contribution in [0.25, 0.3) is 0 Å². The van der Waals surface area contributed by atoms with Crippen molar-refractivity contribution in [3.8, 4) is 12.3 Å². The van der Waals surface area contributed by atoms with Crippen LogP contribution in [0.3, 0.4) is 0 Å². The van der Waals surface area contributed by atoms with Crippen molar-refractivity contribution in [2.24, 2.45) is 16.8 Å². The zero-order valence-corrected chi connectivity index (χ0v) is 17.3. The number of hydrogen-bond acceptors (Lipinski definition) is 1. The second-order valence-electron chi connectivity index (χ2n) is 9.22. The average molecular weight is 350 g/mol. The second-order valence-corrected chi connectivity index (χ2v) is 9.22. The lowest BCUT2D eigenvalue weighted by atomic mass is 9.54. The molecule has 3 rings (SSSR count). The van der Waals surface area contributed by atoms with Crippen LogP contribution in [-0.2, 0) is 5.41 Å². The van der Waals surface area contributed by atoms with Crippen molar-refractivity contribution in [3.63, 3.8) is 0 Å². The summed E-state index contributed by atoms with van der Waals surface area (Å²) in [6, 6.07) is 7.53. The largest absolute Gasteiger partial charge is 0.286 e. The Kier molecular flexibility index (Phi) is 5.61. The van der Waals surface area contributed by atoms with Gasteiger partial charge in [-0.05, 0) is 72.1 Å². The molecule has 0 bridgehead atoms. The van der Waals surface area contributed by atoms with E-state index in [2.05, 4.69) is 58.7 Å².